The molecule has 7 N–H and O–H groups in total. The Hall–Kier alpha value is -2.63. The molecule has 4 unspecified atom stereocenters. The molecule has 0 bridgehead atoms. The van der Waals surface area contributed by atoms with Gasteiger partial charge in [0.25, 0.3) is 0 Å². The first kappa shape index (κ1) is 28.4. The monoisotopic (exact) mass is 482 g/mol. The van der Waals surface area contributed by atoms with Gasteiger partial charge in [-0.25, -0.2) is 4.79 Å². The molecule has 3 amide bonds. The van der Waals surface area contributed by atoms with Crippen LogP contribution in [0, 0.1) is 5.92 Å². The predicted molar refractivity (Wildman–Crippen MR) is 126 cm³/mol. The van der Waals surface area contributed by atoms with Gasteiger partial charge in [-0.3, -0.25) is 14.4 Å². The van der Waals surface area contributed by atoms with E-state index in [1.807, 2.05) is 6.26 Å². The van der Waals surface area contributed by atoms with Gasteiger partial charge in [-0.15, -0.1) is 0 Å². The number of thioether (sulfide) groups is 1. The van der Waals surface area contributed by atoms with Gasteiger partial charge in [0.15, 0.2) is 0 Å². The second kappa shape index (κ2) is 14.5. The number of aliphatic hydroxyl groups is 1. The summed E-state index contributed by atoms with van der Waals surface area (Å²) < 4.78 is 0. The summed E-state index contributed by atoms with van der Waals surface area (Å²) in [5.74, 6) is -2.97. The van der Waals surface area contributed by atoms with E-state index in [0.29, 0.717) is 12.2 Å². The van der Waals surface area contributed by atoms with Gasteiger partial charge < -0.3 is 31.9 Å². The van der Waals surface area contributed by atoms with Crippen LogP contribution in [-0.2, 0) is 25.6 Å². The number of nitrogens with one attached hydrogen (secondary N) is 3. The highest BCUT2D eigenvalue weighted by atomic mass is 32.2. The molecular formula is C22H34N4O6S. The molecule has 1 aromatic rings. The Bertz CT molecular complexity index is 792. The third-order valence-corrected chi connectivity index (χ3v) is 5.57. The van der Waals surface area contributed by atoms with Gasteiger partial charge >= 0.3 is 5.97 Å². The van der Waals surface area contributed by atoms with E-state index in [0.717, 1.165) is 5.56 Å². The zero-order valence-corrected chi connectivity index (χ0v) is 19.9. The van der Waals surface area contributed by atoms with Gasteiger partial charge in [-0.05, 0) is 29.9 Å². The van der Waals surface area contributed by atoms with E-state index in [2.05, 4.69) is 16.0 Å². The highest BCUT2D eigenvalue weighted by molar-refractivity contribution is 7.98. The molecule has 0 saturated heterocycles. The van der Waals surface area contributed by atoms with Crippen molar-refractivity contribution >= 4 is 35.5 Å². The molecule has 0 aliphatic heterocycles. The molecule has 0 heterocycles. The summed E-state index contributed by atoms with van der Waals surface area (Å²) in [4.78, 5) is 49.3. The lowest BCUT2D eigenvalue weighted by atomic mass is 10.0. The number of benzene rings is 1. The zero-order valence-electron chi connectivity index (χ0n) is 19.1. The number of carboxylic acid groups (broad SMARTS) is 1. The lowest BCUT2D eigenvalue weighted by Crippen LogP contribution is -2.59. The van der Waals surface area contributed by atoms with Crippen LogP contribution in [-0.4, -0.2) is 76.7 Å². The van der Waals surface area contributed by atoms with Crippen LogP contribution in [0.2, 0.25) is 0 Å². The number of carbonyl (C=O) groups is 4. The second-order valence-corrected chi connectivity index (χ2v) is 8.94. The van der Waals surface area contributed by atoms with Crippen molar-refractivity contribution in [2.24, 2.45) is 11.7 Å². The van der Waals surface area contributed by atoms with Gasteiger partial charge in [0.05, 0.1) is 12.6 Å². The van der Waals surface area contributed by atoms with E-state index in [1.54, 1.807) is 44.2 Å². The van der Waals surface area contributed by atoms with E-state index in [9.17, 15) is 29.4 Å². The summed E-state index contributed by atoms with van der Waals surface area (Å²) >= 11 is 1.53. The molecule has 0 spiro atoms. The minimum absolute atomic E-state index is 0.0733. The normalized spacial score (nSPS) is 14.6. The van der Waals surface area contributed by atoms with E-state index < -0.39 is 54.5 Å². The second-order valence-electron chi connectivity index (χ2n) is 7.95. The van der Waals surface area contributed by atoms with Crippen molar-refractivity contribution in [1.82, 2.24) is 16.0 Å². The molecule has 33 heavy (non-hydrogen) atoms. The third-order valence-electron chi connectivity index (χ3n) is 4.93. The molecular weight excluding hydrogens is 448 g/mol. The van der Waals surface area contributed by atoms with Crippen LogP contribution in [0.3, 0.4) is 0 Å². The Kier molecular flexibility index (Phi) is 12.5. The van der Waals surface area contributed by atoms with Crippen LogP contribution in [0.4, 0.5) is 0 Å². The van der Waals surface area contributed by atoms with Crippen LogP contribution in [0.1, 0.15) is 25.8 Å². The lowest BCUT2D eigenvalue weighted by molar-refractivity contribution is -0.142. The van der Waals surface area contributed by atoms with Crippen molar-refractivity contribution in [3.8, 4) is 0 Å². The number of rotatable bonds is 14. The van der Waals surface area contributed by atoms with Crippen LogP contribution < -0.4 is 21.7 Å². The molecule has 10 nitrogen and oxygen atoms in total. The number of amides is 3. The molecule has 0 saturated carbocycles. The Labute approximate surface area is 198 Å². The first-order valence-corrected chi connectivity index (χ1v) is 12.0. The van der Waals surface area contributed by atoms with Crippen molar-refractivity contribution < 1.29 is 29.4 Å². The average Bonchev–Trinajstić information content (AvgIpc) is 2.78. The summed E-state index contributed by atoms with van der Waals surface area (Å²) in [5, 5.41) is 26.5. The van der Waals surface area contributed by atoms with Gasteiger partial charge in [0.2, 0.25) is 17.7 Å². The van der Waals surface area contributed by atoms with Gasteiger partial charge in [-0.1, -0.05) is 44.2 Å². The van der Waals surface area contributed by atoms with E-state index in [1.165, 1.54) is 11.8 Å². The molecule has 0 aromatic heterocycles. The molecule has 184 valence electrons. The molecule has 0 radical (unpaired) electrons. The van der Waals surface area contributed by atoms with Crippen LogP contribution in [0.25, 0.3) is 0 Å². The number of hydrogen-bond donors (Lipinski definition) is 6. The van der Waals surface area contributed by atoms with Crippen LogP contribution in [0.15, 0.2) is 30.3 Å². The van der Waals surface area contributed by atoms with Gasteiger partial charge in [0.1, 0.15) is 18.1 Å². The van der Waals surface area contributed by atoms with Crippen molar-refractivity contribution in [3.05, 3.63) is 35.9 Å². The maximum Gasteiger partial charge on any atom is 0.326 e. The Morgan fingerprint density at radius 3 is 2.09 bits per heavy atom. The topological polar surface area (TPSA) is 171 Å². The number of aliphatic hydroxyl groups excluding tert-OH is 1. The van der Waals surface area contributed by atoms with Crippen molar-refractivity contribution in [2.45, 2.75) is 50.9 Å². The van der Waals surface area contributed by atoms with Gasteiger partial charge in [-0.2, -0.15) is 11.8 Å². The molecule has 0 fully saturated rings. The fraction of sp³-hybridized carbons (Fsp3) is 0.545. The average molecular weight is 483 g/mol. The smallest absolute Gasteiger partial charge is 0.326 e. The highest BCUT2D eigenvalue weighted by Crippen LogP contribution is 2.07. The molecule has 0 aliphatic rings. The third kappa shape index (κ3) is 9.80. The van der Waals surface area contributed by atoms with Crippen LogP contribution in [0.5, 0.6) is 0 Å². The van der Waals surface area contributed by atoms with Gasteiger partial charge in [0, 0.05) is 6.42 Å². The number of nitrogens with two attached hydrogens (primary N) is 1. The first-order valence-electron chi connectivity index (χ1n) is 10.6. The fourth-order valence-corrected chi connectivity index (χ4v) is 3.44. The minimum atomic E-state index is -1.30. The highest BCUT2D eigenvalue weighted by Gasteiger charge is 2.31. The SMILES string of the molecule is CSCCC(N)C(=O)NC(CO)C(=O)NC(C(=O)NC(Cc1ccccc1)C(=O)O)C(C)C. The van der Waals surface area contributed by atoms with Crippen molar-refractivity contribution in [2.75, 3.05) is 18.6 Å². The van der Waals surface area contributed by atoms with Crippen molar-refractivity contribution in [3.63, 3.8) is 0 Å². The maximum absolute atomic E-state index is 12.8. The van der Waals surface area contributed by atoms with E-state index in [-0.39, 0.29) is 12.3 Å². The maximum atomic E-state index is 12.8. The summed E-state index contributed by atoms with van der Waals surface area (Å²) in [6.07, 6.45) is 2.35. The van der Waals surface area contributed by atoms with E-state index >= 15 is 0 Å². The number of carbonyl (C=O) groups excluding carboxylic acids is 3. The minimum Gasteiger partial charge on any atom is -0.480 e. The molecule has 4 atom stereocenters. The standard InChI is InChI=1S/C22H34N4O6S/c1-13(2)18(21(30)24-16(22(31)32)11-14-7-5-4-6-8-14)26-20(29)17(12-27)25-19(28)15(23)9-10-33-3/h4-8,13,15-18,27H,9-12,23H2,1-3H3,(H,24,30)(H,25,28)(H,26,29)(H,31,32). The Balaban J connectivity index is 2.82. The number of aliphatic carboxylic acids is 1. The predicted octanol–water partition coefficient (Wildman–Crippen LogP) is -0.503. The summed E-state index contributed by atoms with van der Waals surface area (Å²) in [6.45, 7) is 2.68. The summed E-state index contributed by atoms with van der Waals surface area (Å²) in [5.41, 5.74) is 6.52. The summed E-state index contributed by atoms with van der Waals surface area (Å²) in [6, 6.07) is 4.43. The zero-order chi connectivity index (χ0) is 25.0. The largest absolute Gasteiger partial charge is 0.480 e. The summed E-state index contributed by atoms with van der Waals surface area (Å²) in [7, 11) is 0. The molecule has 0 aliphatic carbocycles. The molecule has 11 heteroatoms. The number of carboxylic acids is 1. The lowest BCUT2D eigenvalue weighted by Gasteiger charge is -2.26. The fourth-order valence-electron chi connectivity index (χ4n) is 2.95. The first-order chi connectivity index (χ1) is 15.6. The Morgan fingerprint density at radius 2 is 1.58 bits per heavy atom. The Morgan fingerprint density at radius 1 is 0.970 bits per heavy atom. The van der Waals surface area contributed by atoms with E-state index in [4.69, 9.17) is 5.73 Å². The molecule has 1 rings (SSSR count). The molecule has 1 aromatic carbocycles. The van der Waals surface area contributed by atoms with Crippen molar-refractivity contribution in [1.29, 1.82) is 0 Å². The van der Waals surface area contributed by atoms with Crippen LogP contribution >= 0.6 is 11.8 Å². The quantitative estimate of drug-likeness (QED) is 0.206. The number of hydrogen-bond acceptors (Lipinski definition) is 7.